The van der Waals surface area contributed by atoms with E-state index < -0.39 is 5.97 Å². The van der Waals surface area contributed by atoms with Gasteiger partial charge in [0.1, 0.15) is 0 Å². The van der Waals surface area contributed by atoms with Crippen LogP contribution in [0, 0.1) is 49.4 Å². The second kappa shape index (κ2) is 20.0. The van der Waals surface area contributed by atoms with E-state index in [1.165, 1.54) is 4.90 Å². The first kappa shape index (κ1) is 28.5. The third kappa shape index (κ3) is 19.1. The Morgan fingerprint density at radius 3 is 1.77 bits per heavy atom. The van der Waals surface area contributed by atoms with Crippen LogP contribution in [0.15, 0.2) is 0 Å². The smallest absolute Gasteiger partial charge is 0.313 e. The topological polar surface area (TPSA) is 113 Å². The zero-order valence-corrected chi connectivity index (χ0v) is 16.8. The lowest BCUT2D eigenvalue weighted by Gasteiger charge is -2.16. The quantitative estimate of drug-likeness (QED) is 0.256. The summed E-state index contributed by atoms with van der Waals surface area (Å²) in [6.45, 7) is 1.45. The van der Waals surface area contributed by atoms with Crippen molar-refractivity contribution in [2.45, 2.75) is 38.5 Å². The van der Waals surface area contributed by atoms with E-state index in [1.807, 2.05) is 0 Å². The third-order valence-electron chi connectivity index (χ3n) is 3.14. The van der Waals surface area contributed by atoms with Gasteiger partial charge < -0.3 is 14.7 Å². The van der Waals surface area contributed by atoms with Crippen LogP contribution >= 0.6 is 0 Å². The normalized spacial score (nSPS) is 11.3. The molecule has 0 aromatic rings. The molecule has 0 atom stereocenters. The number of rotatable bonds is 8. The van der Waals surface area contributed by atoms with E-state index in [-0.39, 0.29) is 43.8 Å². The number of aliphatic carboxylic acids is 1. The fraction of sp³-hybridized carbons (Fsp3) is 0.455. The van der Waals surface area contributed by atoms with Crippen molar-refractivity contribution in [3.05, 3.63) is 0 Å². The molecule has 0 aliphatic carbocycles. The summed E-state index contributed by atoms with van der Waals surface area (Å²) in [5, 5.41) is 11.2. The first-order chi connectivity index (χ1) is 14.3. The molecule has 30 heavy (non-hydrogen) atoms. The molecule has 1 amide bonds. The average molecular weight is 414 g/mol. The van der Waals surface area contributed by atoms with Crippen LogP contribution in [0.2, 0.25) is 0 Å². The van der Waals surface area contributed by atoms with Gasteiger partial charge in [-0.3, -0.25) is 24.5 Å². The molecule has 1 saturated heterocycles. The molecule has 2 N–H and O–H groups in total. The highest BCUT2D eigenvalue weighted by Gasteiger charge is 2.16. The lowest BCUT2D eigenvalue weighted by Crippen LogP contribution is -2.31. The molecule has 1 aliphatic heterocycles. The summed E-state index contributed by atoms with van der Waals surface area (Å²) < 4.78 is 4.21. The van der Waals surface area contributed by atoms with Crippen LogP contribution in [0.4, 0.5) is 0 Å². The molecular weight excluding hydrogens is 388 g/mol. The Balaban J connectivity index is 0. The number of nitrogens with zero attached hydrogens (tertiary/aromatic N) is 1. The minimum atomic E-state index is -0.914. The number of hydrogen-bond donors (Lipinski definition) is 2. The van der Waals surface area contributed by atoms with Gasteiger partial charge in [0.15, 0.2) is 0 Å². The van der Waals surface area contributed by atoms with E-state index in [4.69, 9.17) is 30.8 Å². The van der Waals surface area contributed by atoms with E-state index in [0.29, 0.717) is 38.8 Å². The molecule has 0 radical (unpaired) electrons. The minimum Gasteiger partial charge on any atom is -0.481 e. The van der Waals surface area contributed by atoms with E-state index in [1.54, 1.807) is 0 Å². The highest BCUT2D eigenvalue weighted by atomic mass is 16.6. The molecule has 0 unspecified atom stereocenters. The summed E-state index contributed by atoms with van der Waals surface area (Å²) >= 11 is 0. The maximum Gasteiger partial charge on any atom is 0.313 e. The SMILES string of the molecule is C#CCN(CC#C)C(=O)CCCC(=O)O.C#CCNCC#C.O=C1CCCC(=O)O1. The summed E-state index contributed by atoms with van der Waals surface area (Å²) in [4.78, 5) is 43.5. The van der Waals surface area contributed by atoms with Gasteiger partial charge in [-0.05, 0) is 12.8 Å². The fourth-order valence-corrected chi connectivity index (χ4v) is 1.81. The number of cyclic esters (lactones) is 2. The van der Waals surface area contributed by atoms with Crippen molar-refractivity contribution in [1.82, 2.24) is 10.2 Å². The molecule has 0 spiro atoms. The molecule has 1 heterocycles. The number of nitrogens with one attached hydrogen (secondary N) is 1. The highest BCUT2D eigenvalue weighted by Crippen LogP contribution is 2.06. The Bertz CT molecular complexity index is 687. The van der Waals surface area contributed by atoms with E-state index in [9.17, 15) is 19.2 Å². The lowest BCUT2D eigenvalue weighted by molar-refractivity contribution is -0.163. The second-order valence-electron chi connectivity index (χ2n) is 5.62. The van der Waals surface area contributed by atoms with Crippen LogP contribution < -0.4 is 5.32 Å². The molecule has 1 fully saturated rings. The number of amides is 1. The van der Waals surface area contributed by atoms with Gasteiger partial charge in [-0.15, -0.1) is 25.7 Å². The number of carbonyl (C=O) groups excluding carboxylic acids is 3. The number of carboxylic acid groups (broad SMARTS) is 1. The first-order valence-corrected chi connectivity index (χ1v) is 8.99. The van der Waals surface area contributed by atoms with Gasteiger partial charge in [-0.1, -0.05) is 23.7 Å². The molecule has 0 aromatic carbocycles. The largest absolute Gasteiger partial charge is 0.481 e. The Hall–Kier alpha value is -3.72. The molecule has 8 heteroatoms. The van der Waals surface area contributed by atoms with Crippen molar-refractivity contribution in [1.29, 1.82) is 0 Å². The van der Waals surface area contributed by atoms with Crippen molar-refractivity contribution >= 4 is 23.8 Å². The van der Waals surface area contributed by atoms with Gasteiger partial charge in [-0.2, -0.15) is 0 Å². The molecule has 0 aromatic heterocycles. The zero-order valence-electron chi connectivity index (χ0n) is 16.8. The second-order valence-corrected chi connectivity index (χ2v) is 5.62. The van der Waals surface area contributed by atoms with Crippen molar-refractivity contribution in [2.75, 3.05) is 26.2 Å². The first-order valence-electron chi connectivity index (χ1n) is 8.99. The zero-order chi connectivity index (χ0) is 23.2. The van der Waals surface area contributed by atoms with Crippen LogP contribution in [0.1, 0.15) is 38.5 Å². The molecule has 8 nitrogen and oxygen atoms in total. The van der Waals surface area contributed by atoms with Gasteiger partial charge >= 0.3 is 17.9 Å². The molecule has 0 bridgehead atoms. The Kier molecular flexibility index (Phi) is 19.0. The summed E-state index contributed by atoms with van der Waals surface area (Å²) in [5.41, 5.74) is 0. The van der Waals surface area contributed by atoms with Crippen molar-refractivity contribution in [3.8, 4) is 49.4 Å². The van der Waals surface area contributed by atoms with Gasteiger partial charge in [-0.25, -0.2) is 0 Å². The van der Waals surface area contributed by atoms with Crippen LogP contribution in [0.5, 0.6) is 0 Å². The summed E-state index contributed by atoms with van der Waals surface area (Å²) in [6.07, 6.45) is 21.8. The number of carbonyl (C=O) groups is 4. The number of esters is 2. The van der Waals surface area contributed by atoms with Crippen LogP contribution in [0.3, 0.4) is 0 Å². The van der Waals surface area contributed by atoms with Crippen LogP contribution in [-0.2, 0) is 23.9 Å². The average Bonchev–Trinajstić information content (AvgIpc) is 2.69. The lowest BCUT2D eigenvalue weighted by atomic mass is 10.2. The molecule has 0 saturated carbocycles. The fourth-order valence-electron chi connectivity index (χ4n) is 1.81. The van der Waals surface area contributed by atoms with Gasteiger partial charge in [0.2, 0.25) is 5.91 Å². The van der Waals surface area contributed by atoms with Crippen LogP contribution in [-0.4, -0.2) is 60.0 Å². The minimum absolute atomic E-state index is 0.0221. The van der Waals surface area contributed by atoms with Gasteiger partial charge in [0.25, 0.3) is 0 Å². The van der Waals surface area contributed by atoms with Crippen LogP contribution in [0.25, 0.3) is 0 Å². The Morgan fingerprint density at radius 2 is 1.43 bits per heavy atom. The van der Waals surface area contributed by atoms with Crippen molar-refractivity contribution in [3.63, 3.8) is 0 Å². The molecule has 1 rings (SSSR count). The van der Waals surface area contributed by atoms with Gasteiger partial charge in [0, 0.05) is 25.7 Å². The number of terminal acetylenes is 4. The summed E-state index contributed by atoms with van der Waals surface area (Å²) in [6, 6.07) is 0. The predicted molar refractivity (Wildman–Crippen MR) is 111 cm³/mol. The highest BCUT2D eigenvalue weighted by molar-refractivity contribution is 5.87. The van der Waals surface area contributed by atoms with E-state index >= 15 is 0 Å². The van der Waals surface area contributed by atoms with Crippen molar-refractivity contribution in [2.24, 2.45) is 0 Å². The maximum atomic E-state index is 11.4. The van der Waals surface area contributed by atoms with E-state index in [2.05, 4.69) is 33.7 Å². The third-order valence-corrected chi connectivity index (χ3v) is 3.14. The van der Waals surface area contributed by atoms with Gasteiger partial charge in [0.05, 0.1) is 26.2 Å². The standard InChI is InChI=1S/C11H13NO3.C6H7N.C5H6O3/c1-3-8-12(9-4-2)10(13)6-5-7-11(14)15;1-3-5-7-6-4-2;6-4-2-1-3-5(7)8-4/h1-2H,5-9H2,(H,14,15);1-2,7H,5-6H2;1-3H2. The van der Waals surface area contributed by atoms with Crippen molar-refractivity contribution < 1.29 is 29.0 Å². The number of ether oxygens (including phenoxy) is 1. The summed E-state index contributed by atoms with van der Waals surface area (Å²) in [5.74, 6) is 7.55. The number of hydrogen-bond acceptors (Lipinski definition) is 6. The Labute approximate surface area is 177 Å². The monoisotopic (exact) mass is 414 g/mol. The summed E-state index contributed by atoms with van der Waals surface area (Å²) in [7, 11) is 0. The Morgan fingerprint density at radius 1 is 0.933 bits per heavy atom. The molecule has 1 aliphatic rings. The molecular formula is C22H26N2O6. The maximum absolute atomic E-state index is 11.4. The van der Waals surface area contributed by atoms with E-state index in [0.717, 1.165) is 0 Å². The molecule has 160 valence electrons. The number of carboxylic acids is 1. The predicted octanol–water partition coefficient (Wildman–Crippen LogP) is 0.419.